The van der Waals surface area contributed by atoms with Crippen molar-refractivity contribution in [3.05, 3.63) is 58.0 Å². The number of halogens is 3. The predicted molar refractivity (Wildman–Crippen MR) is 56.8 cm³/mol. The lowest BCUT2D eigenvalue weighted by Crippen LogP contribution is -2.01. The van der Waals surface area contributed by atoms with E-state index in [4.69, 9.17) is 4.42 Å². The molecule has 84 valence electrons. The fourth-order valence-electron chi connectivity index (χ4n) is 1.36. The zero-order valence-corrected chi connectivity index (χ0v) is 9.54. The molecule has 16 heavy (non-hydrogen) atoms. The second kappa shape index (κ2) is 4.35. The van der Waals surface area contributed by atoms with Crippen LogP contribution in [0.4, 0.5) is 8.78 Å². The van der Waals surface area contributed by atoms with E-state index < -0.39 is 17.7 Å². The van der Waals surface area contributed by atoms with Crippen molar-refractivity contribution in [2.45, 2.75) is 6.10 Å². The Bertz CT molecular complexity index is 497. The van der Waals surface area contributed by atoms with Gasteiger partial charge in [0, 0.05) is 11.1 Å². The summed E-state index contributed by atoms with van der Waals surface area (Å²) in [6.45, 7) is 0. The topological polar surface area (TPSA) is 33.4 Å². The lowest BCUT2D eigenvalue weighted by atomic mass is 10.0. The van der Waals surface area contributed by atoms with Gasteiger partial charge in [0.1, 0.15) is 6.10 Å². The van der Waals surface area contributed by atoms with Gasteiger partial charge < -0.3 is 9.52 Å². The molecule has 1 unspecified atom stereocenters. The van der Waals surface area contributed by atoms with E-state index in [0.717, 1.165) is 6.07 Å². The molecule has 2 rings (SSSR count). The molecule has 0 amide bonds. The van der Waals surface area contributed by atoms with Crippen LogP contribution in [0.25, 0.3) is 0 Å². The molecule has 2 aromatic rings. The zero-order valence-electron chi connectivity index (χ0n) is 7.95. The molecule has 1 aromatic carbocycles. The van der Waals surface area contributed by atoms with E-state index in [0.29, 0.717) is 5.56 Å². The maximum atomic E-state index is 13.2. The lowest BCUT2D eigenvalue weighted by molar-refractivity contribution is 0.217. The van der Waals surface area contributed by atoms with Gasteiger partial charge in [-0.15, -0.1) is 0 Å². The van der Waals surface area contributed by atoms with Crippen molar-refractivity contribution in [1.29, 1.82) is 0 Å². The molecule has 0 radical (unpaired) electrons. The van der Waals surface area contributed by atoms with Crippen molar-refractivity contribution >= 4 is 15.9 Å². The summed E-state index contributed by atoms with van der Waals surface area (Å²) in [4.78, 5) is 0. The summed E-state index contributed by atoms with van der Waals surface area (Å²) in [5.74, 6) is -1.98. The quantitative estimate of drug-likeness (QED) is 0.860. The molecule has 0 spiro atoms. The summed E-state index contributed by atoms with van der Waals surface area (Å²) in [6, 6.07) is 3.84. The van der Waals surface area contributed by atoms with E-state index in [-0.39, 0.29) is 10.0 Å². The second-order valence-electron chi connectivity index (χ2n) is 3.22. The predicted octanol–water partition coefficient (Wildman–Crippen LogP) is 3.40. The molecule has 0 saturated carbocycles. The van der Waals surface area contributed by atoms with Crippen LogP contribution in [-0.4, -0.2) is 5.11 Å². The van der Waals surface area contributed by atoms with Crippen LogP contribution in [-0.2, 0) is 0 Å². The van der Waals surface area contributed by atoms with E-state index in [2.05, 4.69) is 15.9 Å². The summed E-state index contributed by atoms with van der Waals surface area (Å²) in [6.07, 6.45) is 1.69. The monoisotopic (exact) mass is 288 g/mol. The highest BCUT2D eigenvalue weighted by Gasteiger charge is 2.19. The van der Waals surface area contributed by atoms with Gasteiger partial charge in [-0.3, -0.25) is 0 Å². The first-order valence-electron chi connectivity index (χ1n) is 4.45. The minimum absolute atomic E-state index is 0.0822. The molecule has 0 aliphatic heterocycles. The minimum atomic E-state index is -1.05. The average molecular weight is 289 g/mol. The molecular formula is C11H7BrF2O2. The fraction of sp³-hybridized carbons (Fsp3) is 0.0909. The highest BCUT2D eigenvalue weighted by atomic mass is 79.9. The number of hydrogen-bond donors (Lipinski definition) is 1. The first-order valence-corrected chi connectivity index (χ1v) is 5.24. The summed E-state index contributed by atoms with van der Waals surface area (Å²) in [5, 5.41) is 9.90. The Morgan fingerprint density at radius 2 is 2.00 bits per heavy atom. The number of furan rings is 1. The van der Waals surface area contributed by atoms with Gasteiger partial charge in [-0.1, -0.05) is 6.07 Å². The molecule has 1 heterocycles. The summed E-state index contributed by atoms with van der Waals surface area (Å²) < 4.78 is 30.8. The SMILES string of the molecule is OC(c1ccoc1)c1ccc(F)c(F)c1Br. The molecule has 0 fully saturated rings. The van der Waals surface area contributed by atoms with Crippen LogP contribution in [0.5, 0.6) is 0 Å². The third-order valence-electron chi connectivity index (χ3n) is 2.22. The molecular weight excluding hydrogens is 282 g/mol. The van der Waals surface area contributed by atoms with Crippen molar-refractivity contribution in [3.8, 4) is 0 Å². The zero-order chi connectivity index (χ0) is 11.7. The molecule has 1 atom stereocenters. The second-order valence-corrected chi connectivity index (χ2v) is 4.02. The van der Waals surface area contributed by atoms with Gasteiger partial charge in [-0.2, -0.15) is 0 Å². The van der Waals surface area contributed by atoms with E-state index >= 15 is 0 Å². The number of aliphatic hydroxyl groups excluding tert-OH is 1. The third-order valence-corrected chi connectivity index (χ3v) is 3.02. The fourth-order valence-corrected chi connectivity index (χ4v) is 1.90. The molecule has 1 aromatic heterocycles. The van der Waals surface area contributed by atoms with Crippen LogP contribution in [0.3, 0.4) is 0 Å². The van der Waals surface area contributed by atoms with Crippen molar-refractivity contribution < 1.29 is 18.3 Å². The smallest absolute Gasteiger partial charge is 0.173 e. The molecule has 2 nitrogen and oxygen atoms in total. The summed E-state index contributed by atoms with van der Waals surface area (Å²) >= 11 is 2.91. The highest BCUT2D eigenvalue weighted by molar-refractivity contribution is 9.10. The Labute approximate surface area is 98.6 Å². The number of rotatable bonds is 2. The van der Waals surface area contributed by atoms with E-state index in [1.807, 2.05) is 0 Å². The van der Waals surface area contributed by atoms with Gasteiger partial charge in [0.2, 0.25) is 0 Å². The molecule has 0 saturated heterocycles. The maximum Gasteiger partial charge on any atom is 0.173 e. The normalized spacial score (nSPS) is 12.8. The third kappa shape index (κ3) is 1.88. The van der Waals surface area contributed by atoms with Crippen molar-refractivity contribution in [2.24, 2.45) is 0 Å². The average Bonchev–Trinajstić information content (AvgIpc) is 2.79. The molecule has 0 bridgehead atoms. The Morgan fingerprint density at radius 1 is 1.25 bits per heavy atom. The highest BCUT2D eigenvalue weighted by Crippen LogP contribution is 2.31. The Kier molecular flexibility index (Phi) is 3.07. The first-order chi connectivity index (χ1) is 7.61. The standard InChI is InChI=1S/C11H7BrF2O2/c12-9-7(1-2-8(13)10(9)14)11(15)6-3-4-16-5-6/h1-5,11,15H. The van der Waals surface area contributed by atoms with Gasteiger partial charge in [-0.25, -0.2) is 8.78 Å². The largest absolute Gasteiger partial charge is 0.472 e. The van der Waals surface area contributed by atoms with E-state index in [1.165, 1.54) is 18.6 Å². The van der Waals surface area contributed by atoms with Crippen LogP contribution in [0.15, 0.2) is 39.6 Å². The van der Waals surface area contributed by atoms with Gasteiger partial charge in [0.05, 0.1) is 17.0 Å². The summed E-state index contributed by atoms with van der Waals surface area (Å²) in [7, 11) is 0. The lowest BCUT2D eigenvalue weighted by Gasteiger charge is -2.11. The molecule has 5 heteroatoms. The number of aliphatic hydroxyl groups is 1. The summed E-state index contributed by atoms with van der Waals surface area (Å²) in [5.41, 5.74) is 0.729. The number of benzene rings is 1. The Hall–Kier alpha value is -1.20. The van der Waals surface area contributed by atoms with Crippen LogP contribution < -0.4 is 0 Å². The van der Waals surface area contributed by atoms with E-state index in [9.17, 15) is 13.9 Å². The maximum absolute atomic E-state index is 13.2. The molecule has 0 aliphatic carbocycles. The van der Waals surface area contributed by atoms with Gasteiger partial charge in [0.15, 0.2) is 11.6 Å². The van der Waals surface area contributed by atoms with Crippen LogP contribution in [0.2, 0.25) is 0 Å². The van der Waals surface area contributed by atoms with Crippen LogP contribution in [0, 0.1) is 11.6 Å². The molecule has 0 aliphatic rings. The Balaban J connectivity index is 2.45. The number of hydrogen-bond acceptors (Lipinski definition) is 2. The van der Waals surface area contributed by atoms with Crippen molar-refractivity contribution in [3.63, 3.8) is 0 Å². The van der Waals surface area contributed by atoms with Crippen molar-refractivity contribution in [1.82, 2.24) is 0 Å². The first kappa shape index (κ1) is 11.3. The van der Waals surface area contributed by atoms with Crippen LogP contribution in [0.1, 0.15) is 17.2 Å². The van der Waals surface area contributed by atoms with Crippen LogP contribution >= 0.6 is 15.9 Å². The van der Waals surface area contributed by atoms with Gasteiger partial charge >= 0.3 is 0 Å². The van der Waals surface area contributed by atoms with Crippen molar-refractivity contribution in [2.75, 3.05) is 0 Å². The Morgan fingerprint density at radius 3 is 2.62 bits per heavy atom. The van der Waals surface area contributed by atoms with Gasteiger partial charge in [0.25, 0.3) is 0 Å². The minimum Gasteiger partial charge on any atom is -0.472 e. The molecule has 1 N–H and O–H groups in total. The van der Waals surface area contributed by atoms with E-state index in [1.54, 1.807) is 6.07 Å². The van der Waals surface area contributed by atoms with Gasteiger partial charge in [-0.05, 0) is 28.1 Å².